The highest BCUT2D eigenvalue weighted by Gasteiger charge is 2.24. The molecular formula is C20H26O2. The second kappa shape index (κ2) is 6.64. The van der Waals surface area contributed by atoms with Crippen LogP contribution in [0.5, 0.6) is 0 Å². The SMILES string of the molecule is CCc1cc(CO)cc(C(C)(C)c2cc(C)cc(CO)c2)c1. The van der Waals surface area contributed by atoms with E-state index in [1.165, 1.54) is 16.7 Å². The van der Waals surface area contributed by atoms with E-state index in [2.05, 4.69) is 58.0 Å². The Bertz CT molecular complexity index is 635. The summed E-state index contributed by atoms with van der Waals surface area (Å²) in [5.41, 5.74) is 6.51. The average molecular weight is 298 g/mol. The van der Waals surface area contributed by atoms with E-state index >= 15 is 0 Å². The van der Waals surface area contributed by atoms with Gasteiger partial charge in [-0.15, -0.1) is 0 Å². The lowest BCUT2D eigenvalue weighted by Crippen LogP contribution is -2.20. The van der Waals surface area contributed by atoms with Gasteiger partial charge < -0.3 is 10.2 Å². The van der Waals surface area contributed by atoms with E-state index in [1.54, 1.807) is 0 Å². The van der Waals surface area contributed by atoms with E-state index in [0.717, 1.165) is 23.1 Å². The fourth-order valence-corrected chi connectivity index (χ4v) is 2.90. The molecule has 0 fully saturated rings. The molecule has 0 spiro atoms. The van der Waals surface area contributed by atoms with Crippen LogP contribution < -0.4 is 0 Å². The molecule has 0 saturated carbocycles. The van der Waals surface area contributed by atoms with Gasteiger partial charge in [0.2, 0.25) is 0 Å². The van der Waals surface area contributed by atoms with Gasteiger partial charge in [0.05, 0.1) is 13.2 Å². The standard InChI is InChI=1S/C20H26O2/c1-5-15-8-17(13-22)11-19(9-15)20(3,4)18-7-14(2)6-16(10-18)12-21/h6-11,21-22H,5,12-13H2,1-4H3. The fourth-order valence-electron chi connectivity index (χ4n) is 2.90. The van der Waals surface area contributed by atoms with Crippen molar-refractivity contribution in [3.05, 3.63) is 69.8 Å². The van der Waals surface area contributed by atoms with Gasteiger partial charge in [-0.25, -0.2) is 0 Å². The predicted molar refractivity (Wildman–Crippen MR) is 91.0 cm³/mol. The van der Waals surface area contributed by atoms with Gasteiger partial charge in [0.1, 0.15) is 0 Å². The van der Waals surface area contributed by atoms with Crippen molar-refractivity contribution in [1.82, 2.24) is 0 Å². The van der Waals surface area contributed by atoms with Gasteiger partial charge in [-0.3, -0.25) is 0 Å². The summed E-state index contributed by atoms with van der Waals surface area (Å²) in [5.74, 6) is 0. The van der Waals surface area contributed by atoms with Crippen molar-refractivity contribution in [1.29, 1.82) is 0 Å². The van der Waals surface area contributed by atoms with E-state index in [9.17, 15) is 10.2 Å². The minimum absolute atomic E-state index is 0.0572. The predicted octanol–water partition coefficient (Wildman–Crippen LogP) is 3.87. The quantitative estimate of drug-likeness (QED) is 0.879. The van der Waals surface area contributed by atoms with Gasteiger partial charge in [0, 0.05) is 5.41 Å². The van der Waals surface area contributed by atoms with Crippen LogP contribution in [0.3, 0.4) is 0 Å². The first kappa shape index (κ1) is 16.7. The second-order valence-electron chi connectivity index (χ2n) is 6.54. The Morgan fingerprint density at radius 3 is 1.82 bits per heavy atom. The summed E-state index contributed by atoms with van der Waals surface area (Å²) >= 11 is 0. The molecule has 2 aromatic carbocycles. The molecule has 2 rings (SSSR count). The molecule has 0 bridgehead atoms. The number of hydrogen-bond donors (Lipinski definition) is 2. The molecule has 0 aromatic heterocycles. The van der Waals surface area contributed by atoms with Crippen molar-refractivity contribution in [2.24, 2.45) is 0 Å². The van der Waals surface area contributed by atoms with Crippen LogP contribution in [0.2, 0.25) is 0 Å². The first-order valence-electron chi connectivity index (χ1n) is 7.86. The summed E-state index contributed by atoms with van der Waals surface area (Å²) in [5, 5.41) is 19.0. The maximum Gasteiger partial charge on any atom is 0.0682 e. The number of aliphatic hydroxyl groups is 2. The van der Waals surface area contributed by atoms with E-state index in [4.69, 9.17) is 0 Å². The maximum atomic E-state index is 9.51. The van der Waals surface area contributed by atoms with Gasteiger partial charge in [-0.05, 0) is 41.2 Å². The number of benzene rings is 2. The topological polar surface area (TPSA) is 40.5 Å². The van der Waals surface area contributed by atoms with E-state index < -0.39 is 0 Å². The third kappa shape index (κ3) is 3.40. The Kier molecular flexibility index (Phi) is 5.05. The molecule has 0 saturated heterocycles. The molecule has 2 aromatic rings. The van der Waals surface area contributed by atoms with Gasteiger partial charge in [0.25, 0.3) is 0 Å². The van der Waals surface area contributed by atoms with Crippen LogP contribution in [0.1, 0.15) is 54.2 Å². The maximum absolute atomic E-state index is 9.51. The summed E-state index contributed by atoms with van der Waals surface area (Å²) in [7, 11) is 0. The molecule has 2 nitrogen and oxygen atoms in total. The lowest BCUT2D eigenvalue weighted by Gasteiger charge is -2.28. The molecule has 118 valence electrons. The molecule has 2 N–H and O–H groups in total. The minimum atomic E-state index is -0.176. The molecule has 0 aliphatic carbocycles. The van der Waals surface area contributed by atoms with Gasteiger partial charge >= 0.3 is 0 Å². The number of rotatable bonds is 5. The molecule has 0 atom stereocenters. The molecule has 0 amide bonds. The minimum Gasteiger partial charge on any atom is -0.392 e. The van der Waals surface area contributed by atoms with Crippen molar-refractivity contribution in [3.63, 3.8) is 0 Å². The number of hydrogen-bond acceptors (Lipinski definition) is 2. The number of aryl methyl sites for hydroxylation is 2. The summed E-state index contributed by atoms with van der Waals surface area (Å²) in [6.07, 6.45) is 0.951. The molecule has 0 unspecified atom stereocenters. The normalized spacial score (nSPS) is 11.7. The number of aliphatic hydroxyl groups excluding tert-OH is 2. The molecule has 22 heavy (non-hydrogen) atoms. The zero-order valence-electron chi connectivity index (χ0n) is 14.0. The van der Waals surface area contributed by atoms with E-state index in [1.807, 2.05) is 6.07 Å². The highest BCUT2D eigenvalue weighted by atomic mass is 16.3. The zero-order valence-corrected chi connectivity index (χ0v) is 14.0. The zero-order chi connectivity index (χ0) is 16.3. The fraction of sp³-hybridized carbons (Fsp3) is 0.400. The summed E-state index contributed by atoms with van der Waals surface area (Å²) < 4.78 is 0. The van der Waals surface area contributed by atoms with Crippen LogP contribution in [-0.2, 0) is 25.0 Å². The summed E-state index contributed by atoms with van der Waals surface area (Å²) in [6.45, 7) is 8.69. The van der Waals surface area contributed by atoms with Crippen LogP contribution in [0.15, 0.2) is 36.4 Å². The molecule has 0 heterocycles. The third-order valence-electron chi connectivity index (χ3n) is 4.41. The third-order valence-corrected chi connectivity index (χ3v) is 4.41. The van der Waals surface area contributed by atoms with Crippen molar-refractivity contribution in [3.8, 4) is 0 Å². The van der Waals surface area contributed by atoms with Crippen molar-refractivity contribution in [2.75, 3.05) is 0 Å². The molecule has 0 aliphatic heterocycles. The van der Waals surface area contributed by atoms with Crippen molar-refractivity contribution >= 4 is 0 Å². The molecule has 0 radical (unpaired) electrons. The molecule has 0 aliphatic rings. The smallest absolute Gasteiger partial charge is 0.0682 e. The first-order chi connectivity index (χ1) is 10.4. The second-order valence-corrected chi connectivity index (χ2v) is 6.54. The Morgan fingerprint density at radius 1 is 0.773 bits per heavy atom. The lowest BCUT2D eigenvalue weighted by molar-refractivity contribution is 0.281. The summed E-state index contributed by atoms with van der Waals surface area (Å²) in [6, 6.07) is 12.6. The Morgan fingerprint density at radius 2 is 1.27 bits per heavy atom. The van der Waals surface area contributed by atoms with Crippen LogP contribution in [0, 0.1) is 6.92 Å². The van der Waals surface area contributed by atoms with Crippen LogP contribution >= 0.6 is 0 Å². The Hall–Kier alpha value is -1.64. The largest absolute Gasteiger partial charge is 0.392 e. The Balaban J connectivity index is 2.56. The molecular weight excluding hydrogens is 272 g/mol. The highest BCUT2D eigenvalue weighted by Crippen LogP contribution is 2.34. The average Bonchev–Trinajstić information content (AvgIpc) is 2.53. The van der Waals surface area contributed by atoms with Gasteiger partial charge in [-0.2, -0.15) is 0 Å². The van der Waals surface area contributed by atoms with E-state index in [-0.39, 0.29) is 18.6 Å². The van der Waals surface area contributed by atoms with Crippen LogP contribution in [-0.4, -0.2) is 10.2 Å². The Labute approximate surface area is 133 Å². The highest BCUT2D eigenvalue weighted by molar-refractivity contribution is 5.44. The summed E-state index contributed by atoms with van der Waals surface area (Å²) in [4.78, 5) is 0. The van der Waals surface area contributed by atoms with Crippen LogP contribution in [0.25, 0.3) is 0 Å². The van der Waals surface area contributed by atoms with Crippen molar-refractivity contribution < 1.29 is 10.2 Å². The van der Waals surface area contributed by atoms with Gasteiger partial charge in [0.15, 0.2) is 0 Å². The lowest BCUT2D eigenvalue weighted by atomic mass is 9.76. The van der Waals surface area contributed by atoms with Crippen LogP contribution in [0.4, 0.5) is 0 Å². The monoisotopic (exact) mass is 298 g/mol. The van der Waals surface area contributed by atoms with Crippen molar-refractivity contribution in [2.45, 2.75) is 52.7 Å². The van der Waals surface area contributed by atoms with Gasteiger partial charge in [-0.1, -0.05) is 62.7 Å². The van der Waals surface area contributed by atoms with E-state index in [0.29, 0.717) is 0 Å². The first-order valence-corrected chi connectivity index (χ1v) is 7.86. The molecule has 2 heteroatoms.